The summed E-state index contributed by atoms with van der Waals surface area (Å²) in [6, 6.07) is 8.28. The Hall–Kier alpha value is -1.72. The molecule has 3 aromatic rings. The molecule has 0 fully saturated rings. The lowest BCUT2D eigenvalue weighted by atomic mass is 10.2. The summed E-state index contributed by atoms with van der Waals surface area (Å²) in [5.74, 6) is 1.34. The zero-order valence-electron chi connectivity index (χ0n) is 11.4. The van der Waals surface area contributed by atoms with Gasteiger partial charge in [-0.3, -0.25) is 0 Å². The summed E-state index contributed by atoms with van der Waals surface area (Å²) in [6.07, 6.45) is 1.84. The highest BCUT2D eigenvalue weighted by molar-refractivity contribution is 7.17. The van der Waals surface area contributed by atoms with E-state index >= 15 is 0 Å². The number of fused-ring (bicyclic) bond motifs is 1. The van der Waals surface area contributed by atoms with Gasteiger partial charge in [0.05, 0.1) is 5.56 Å². The number of hydrogen-bond acceptors (Lipinski definition) is 5. The van der Waals surface area contributed by atoms with Crippen LogP contribution in [0.25, 0.3) is 21.5 Å². The number of aryl methyl sites for hydroxylation is 1. The summed E-state index contributed by atoms with van der Waals surface area (Å²) in [5, 5.41) is 14.9. The number of thiophene rings is 1. The molecule has 1 N–H and O–H groups in total. The largest absolute Gasteiger partial charge is 0.421 e. The van der Waals surface area contributed by atoms with Crippen LogP contribution >= 0.6 is 11.3 Å². The van der Waals surface area contributed by atoms with Crippen molar-refractivity contribution in [2.24, 2.45) is 0 Å². The van der Waals surface area contributed by atoms with E-state index in [4.69, 9.17) is 4.42 Å². The Labute approximate surface area is 121 Å². The number of benzene rings is 1. The number of nitrogens with one attached hydrogen (secondary N) is 1. The Morgan fingerprint density at radius 3 is 3.05 bits per heavy atom. The van der Waals surface area contributed by atoms with Crippen LogP contribution in [0.15, 0.2) is 34.1 Å². The van der Waals surface area contributed by atoms with E-state index in [0.29, 0.717) is 11.8 Å². The summed E-state index contributed by atoms with van der Waals surface area (Å²) in [6.45, 7) is 4.08. The summed E-state index contributed by atoms with van der Waals surface area (Å²) >= 11 is 1.70. The topological polar surface area (TPSA) is 51.0 Å². The molecule has 0 atom stereocenters. The van der Waals surface area contributed by atoms with Gasteiger partial charge in [-0.15, -0.1) is 21.5 Å². The molecule has 0 saturated carbocycles. The first-order valence-corrected chi connectivity index (χ1v) is 7.76. The molecule has 4 nitrogen and oxygen atoms in total. The van der Waals surface area contributed by atoms with Crippen molar-refractivity contribution in [2.45, 2.75) is 19.8 Å². The maximum atomic E-state index is 5.77. The second kappa shape index (κ2) is 6.15. The van der Waals surface area contributed by atoms with Crippen molar-refractivity contribution in [3.05, 3.63) is 35.5 Å². The van der Waals surface area contributed by atoms with Crippen LogP contribution in [-0.2, 0) is 6.42 Å². The van der Waals surface area contributed by atoms with Gasteiger partial charge in [-0.2, -0.15) is 0 Å². The van der Waals surface area contributed by atoms with Crippen molar-refractivity contribution in [2.75, 3.05) is 13.1 Å². The zero-order chi connectivity index (χ0) is 13.8. The van der Waals surface area contributed by atoms with Gasteiger partial charge in [-0.1, -0.05) is 25.1 Å². The molecular formula is C15H17N3OS. The van der Waals surface area contributed by atoms with E-state index in [1.165, 1.54) is 10.1 Å². The van der Waals surface area contributed by atoms with Gasteiger partial charge in [0, 0.05) is 21.9 Å². The smallest absolute Gasteiger partial charge is 0.249 e. The molecule has 0 aliphatic heterocycles. The zero-order valence-corrected chi connectivity index (χ0v) is 12.2. The van der Waals surface area contributed by atoms with E-state index in [2.05, 4.69) is 40.0 Å². The Morgan fingerprint density at radius 2 is 2.15 bits per heavy atom. The van der Waals surface area contributed by atoms with Crippen LogP contribution in [0, 0.1) is 0 Å². The first-order chi connectivity index (χ1) is 9.88. The third-order valence-corrected chi connectivity index (χ3v) is 4.14. The lowest BCUT2D eigenvalue weighted by Gasteiger charge is -1.97. The first kappa shape index (κ1) is 13.3. The monoisotopic (exact) mass is 287 g/mol. The summed E-state index contributed by atoms with van der Waals surface area (Å²) in [4.78, 5) is 0. The van der Waals surface area contributed by atoms with Crippen molar-refractivity contribution < 1.29 is 4.42 Å². The fourth-order valence-corrected chi connectivity index (χ4v) is 3.08. The van der Waals surface area contributed by atoms with Gasteiger partial charge in [-0.05, 0) is 25.6 Å². The Bertz CT molecular complexity index is 689. The molecule has 0 aliphatic rings. The van der Waals surface area contributed by atoms with E-state index in [-0.39, 0.29) is 0 Å². The molecular weight excluding hydrogens is 270 g/mol. The summed E-state index contributed by atoms with van der Waals surface area (Å²) < 4.78 is 7.02. The van der Waals surface area contributed by atoms with Crippen molar-refractivity contribution in [3.8, 4) is 11.5 Å². The molecule has 0 radical (unpaired) electrons. The van der Waals surface area contributed by atoms with Crippen molar-refractivity contribution in [3.63, 3.8) is 0 Å². The molecule has 0 unspecified atom stereocenters. The maximum Gasteiger partial charge on any atom is 0.249 e. The predicted molar refractivity (Wildman–Crippen MR) is 82.0 cm³/mol. The fraction of sp³-hybridized carbons (Fsp3) is 0.333. The molecule has 0 spiro atoms. The minimum atomic E-state index is 0.626. The summed E-state index contributed by atoms with van der Waals surface area (Å²) in [5.41, 5.74) is 1.04. The van der Waals surface area contributed by atoms with Crippen LogP contribution in [0.3, 0.4) is 0 Å². The molecule has 20 heavy (non-hydrogen) atoms. The van der Waals surface area contributed by atoms with E-state index in [9.17, 15) is 0 Å². The second-order valence-corrected chi connectivity index (χ2v) is 5.51. The highest BCUT2D eigenvalue weighted by atomic mass is 32.1. The number of nitrogens with zero attached hydrogens (tertiary/aromatic N) is 2. The SMILES string of the molecule is CCNCCCc1nnc(-c2csc3ccccc23)o1. The Kier molecular flexibility index (Phi) is 4.08. The van der Waals surface area contributed by atoms with Gasteiger partial charge in [0.25, 0.3) is 0 Å². The first-order valence-electron chi connectivity index (χ1n) is 6.88. The van der Waals surface area contributed by atoms with Crippen LogP contribution in [-0.4, -0.2) is 23.3 Å². The van der Waals surface area contributed by atoms with Crippen molar-refractivity contribution in [1.82, 2.24) is 15.5 Å². The third kappa shape index (κ3) is 2.73. The van der Waals surface area contributed by atoms with Crippen molar-refractivity contribution in [1.29, 1.82) is 0 Å². The molecule has 5 heteroatoms. The molecule has 0 bridgehead atoms. The van der Waals surface area contributed by atoms with Gasteiger partial charge < -0.3 is 9.73 Å². The van der Waals surface area contributed by atoms with Crippen LogP contribution in [0.5, 0.6) is 0 Å². The van der Waals surface area contributed by atoms with Gasteiger partial charge in [0.1, 0.15) is 0 Å². The molecule has 0 saturated heterocycles. The fourth-order valence-electron chi connectivity index (χ4n) is 2.15. The lowest BCUT2D eigenvalue weighted by molar-refractivity contribution is 0.493. The molecule has 104 valence electrons. The molecule has 3 rings (SSSR count). The molecule has 2 aromatic heterocycles. The van der Waals surface area contributed by atoms with E-state index in [1.807, 2.05) is 12.1 Å². The average Bonchev–Trinajstić information content (AvgIpc) is 3.10. The lowest BCUT2D eigenvalue weighted by Crippen LogP contribution is -2.14. The van der Waals surface area contributed by atoms with Gasteiger partial charge in [-0.25, -0.2) is 0 Å². The molecule has 0 amide bonds. The number of hydrogen-bond donors (Lipinski definition) is 1. The Morgan fingerprint density at radius 1 is 1.25 bits per heavy atom. The van der Waals surface area contributed by atoms with Crippen molar-refractivity contribution >= 4 is 21.4 Å². The highest BCUT2D eigenvalue weighted by Gasteiger charge is 2.12. The van der Waals surface area contributed by atoms with E-state index in [1.54, 1.807) is 11.3 Å². The molecule has 0 aliphatic carbocycles. The standard InChI is InChI=1S/C15H17N3OS/c1-2-16-9-5-8-14-17-18-15(19-14)12-10-20-13-7-4-3-6-11(12)13/h3-4,6-7,10,16H,2,5,8-9H2,1H3. The van der Waals surface area contributed by atoms with Gasteiger partial charge >= 0.3 is 0 Å². The quantitative estimate of drug-likeness (QED) is 0.705. The maximum absolute atomic E-state index is 5.77. The minimum Gasteiger partial charge on any atom is -0.421 e. The van der Waals surface area contributed by atoms with Crippen LogP contribution in [0.4, 0.5) is 0 Å². The highest BCUT2D eigenvalue weighted by Crippen LogP contribution is 2.32. The van der Waals surface area contributed by atoms with Crippen LogP contribution in [0.2, 0.25) is 0 Å². The molecule has 2 heterocycles. The second-order valence-electron chi connectivity index (χ2n) is 4.60. The predicted octanol–water partition coefficient (Wildman–Crippen LogP) is 3.49. The van der Waals surface area contributed by atoms with Crippen LogP contribution < -0.4 is 5.32 Å². The van der Waals surface area contributed by atoms with E-state index < -0.39 is 0 Å². The third-order valence-electron chi connectivity index (χ3n) is 3.17. The Balaban J connectivity index is 1.76. The van der Waals surface area contributed by atoms with Gasteiger partial charge in [0.2, 0.25) is 11.8 Å². The van der Waals surface area contributed by atoms with E-state index in [0.717, 1.165) is 31.5 Å². The number of aromatic nitrogens is 2. The summed E-state index contributed by atoms with van der Waals surface area (Å²) in [7, 11) is 0. The van der Waals surface area contributed by atoms with Gasteiger partial charge in [0.15, 0.2) is 0 Å². The normalized spacial score (nSPS) is 11.2. The van der Waals surface area contributed by atoms with Crippen LogP contribution in [0.1, 0.15) is 19.2 Å². The average molecular weight is 287 g/mol. The molecule has 1 aromatic carbocycles. The number of rotatable bonds is 6. The minimum absolute atomic E-state index is 0.626.